The van der Waals surface area contributed by atoms with Gasteiger partial charge in [0.1, 0.15) is 9.83 Å². The topological polar surface area (TPSA) is 46.6 Å². The Morgan fingerprint density at radius 3 is 2.50 bits per heavy atom. The molecule has 1 aromatic rings. The first-order chi connectivity index (χ1) is 11.5. The fraction of sp³-hybridized carbons (Fsp3) is 0.625. The summed E-state index contributed by atoms with van der Waals surface area (Å²) in [4.78, 5) is 0.365. The molecule has 0 N–H and O–H groups in total. The average Bonchev–Trinajstić information content (AvgIpc) is 2.57. The molecular formula is C16H24ClNO3S3. The number of thioether (sulfide) groups is 2. The molecule has 0 fully saturated rings. The number of hydrogen-bond acceptors (Lipinski definition) is 5. The van der Waals surface area contributed by atoms with E-state index in [2.05, 4.69) is 13.8 Å². The first-order valence-electron chi connectivity index (χ1n) is 7.98. The van der Waals surface area contributed by atoms with Gasteiger partial charge in [-0.05, 0) is 30.1 Å². The lowest BCUT2D eigenvalue weighted by Crippen LogP contribution is -2.47. The number of hydrogen-bond donors (Lipinski definition) is 0. The van der Waals surface area contributed by atoms with E-state index in [4.69, 9.17) is 16.3 Å². The quantitative estimate of drug-likeness (QED) is 0.480. The molecule has 1 heterocycles. The number of alkyl halides is 1. The summed E-state index contributed by atoms with van der Waals surface area (Å²) in [7, 11) is -1.93. The zero-order valence-corrected chi connectivity index (χ0v) is 17.5. The first-order valence-corrected chi connectivity index (χ1v) is 11.9. The molecule has 136 valence electrons. The molecule has 24 heavy (non-hydrogen) atoms. The summed E-state index contributed by atoms with van der Waals surface area (Å²) in [5.74, 6) is 2.89. The van der Waals surface area contributed by atoms with Crippen molar-refractivity contribution in [1.82, 2.24) is 4.31 Å². The Hall–Kier alpha value is -0.0800. The molecule has 0 aromatic heterocycles. The van der Waals surface area contributed by atoms with Gasteiger partial charge in [0.25, 0.3) is 0 Å². The third-order valence-electron chi connectivity index (χ3n) is 3.89. The fourth-order valence-corrected chi connectivity index (χ4v) is 8.37. The minimum Gasteiger partial charge on any atom is -0.496 e. The van der Waals surface area contributed by atoms with Gasteiger partial charge in [0.05, 0.1) is 12.0 Å². The molecule has 4 nitrogen and oxygen atoms in total. The van der Waals surface area contributed by atoms with Gasteiger partial charge in [0, 0.05) is 24.5 Å². The van der Waals surface area contributed by atoms with Crippen LogP contribution in [0.15, 0.2) is 23.1 Å². The van der Waals surface area contributed by atoms with Crippen LogP contribution in [0, 0.1) is 0 Å². The van der Waals surface area contributed by atoms with Crippen LogP contribution in [-0.4, -0.2) is 50.3 Å². The van der Waals surface area contributed by atoms with E-state index in [9.17, 15) is 8.42 Å². The lowest BCUT2D eigenvalue weighted by Gasteiger charge is -2.43. The van der Waals surface area contributed by atoms with Crippen LogP contribution in [-0.2, 0) is 14.1 Å². The van der Waals surface area contributed by atoms with Crippen molar-refractivity contribution in [1.29, 1.82) is 0 Å². The van der Waals surface area contributed by atoms with Gasteiger partial charge >= 0.3 is 0 Å². The summed E-state index contributed by atoms with van der Waals surface area (Å²) < 4.78 is 32.9. The fourth-order valence-electron chi connectivity index (χ4n) is 2.99. The van der Waals surface area contributed by atoms with Crippen LogP contribution >= 0.6 is 35.1 Å². The highest BCUT2D eigenvalue weighted by atomic mass is 35.5. The Kier molecular flexibility index (Phi) is 7.20. The number of methoxy groups -OCH3 is 1. The highest BCUT2D eigenvalue weighted by Gasteiger charge is 2.48. The molecule has 8 heteroatoms. The highest BCUT2D eigenvalue weighted by molar-refractivity contribution is 8.17. The van der Waals surface area contributed by atoms with E-state index in [1.165, 1.54) is 0 Å². The highest BCUT2D eigenvalue weighted by Crippen LogP contribution is 2.55. The van der Waals surface area contributed by atoms with Gasteiger partial charge in [-0.15, -0.1) is 35.1 Å². The second-order valence-corrected chi connectivity index (χ2v) is 11.0. The number of nitrogens with zero attached hydrogens (tertiary/aromatic N) is 1. The van der Waals surface area contributed by atoms with Crippen molar-refractivity contribution in [3.63, 3.8) is 0 Å². The van der Waals surface area contributed by atoms with Crippen molar-refractivity contribution in [2.24, 2.45) is 0 Å². The van der Waals surface area contributed by atoms with Crippen LogP contribution in [0.2, 0.25) is 0 Å². The van der Waals surface area contributed by atoms with Crippen molar-refractivity contribution >= 4 is 45.1 Å². The smallest absolute Gasteiger partial charge is 0.243 e. The predicted molar refractivity (Wildman–Crippen MR) is 105 cm³/mol. The Morgan fingerprint density at radius 1 is 1.29 bits per heavy atom. The van der Waals surface area contributed by atoms with Crippen molar-refractivity contribution < 1.29 is 13.2 Å². The van der Waals surface area contributed by atoms with Crippen LogP contribution in [0.25, 0.3) is 0 Å². The van der Waals surface area contributed by atoms with Gasteiger partial charge in [-0.3, -0.25) is 0 Å². The number of benzene rings is 1. The molecule has 1 aromatic carbocycles. The summed E-state index contributed by atoms with van der Waals surface area (Å²) in [5, 5.41) is 0. The number of sulfonamides is 1. The molecule has 0 spiro atoms. The number of rotatable bonds is 8. The minimum absolute atomic E-state index is 0.358. The summed E-state index contributed by atoms with van der Waals surface area (Å²) in [6.45, 7) is 5.09. The summed E-state index contributed by atoms with van der Waals surface area (Å²) >= 11 is 9.36. The summed E-state index contributed by atoms with van der Waals surface area (Å²) in [5.41, 5.74) is 0.799. The van der Waals surface area contributed by atoms with Crippen molar-refractivity contribution in [2.75, 3.05) is 37.6 Å². The van der Waals surface area contributed by atoms with E-state index in [-0.39, 0.29) is 4.08 Å². The van der Waals surface area contributed by atoms with E-state index in [0.29, 0.717) is 36.0 Å². The Morgan fingerprint density at radius 2 is 1.96 bits per heavy atom. The molecule has 0 saturated carbocycles. The molecule has 1 aliphatic rings. The van der Waals surface area contributed by atoms with E-state index >= 15 is 0 Å². The zero-order valence-electron chi connectivity index (χ0n) is 14.2. The van der Waals surface area contributed by atoms with Gasteiger partial charge in [-0.1, -0.05) is 19.9 Å². The SMILES string of the molecule is CCSC1(SCC)CN(CCCCl)S(=O)(=O)c2cccc(OC)c21. The van der Waals surface area contributed by atoms with Gasteiger partial charge < -0.3 is 4.74 Å². The van der Waals surface area contributed by atoms with Crippen molar-refractivity contribution in [2.45, 2.75) is 29.2 Å². The predicted octanol–water partition coefficient (Wildman–Crippen LogP) is 3.99. The maximum Gasteiger partial charge on any atom is 0.243 e. The van der Waals surface area contributed by atoms with Gasteiger partial charge in [-0.2, -0.15) is 4.31 Å². The molecule has 0 saturated heterocycles. The maximum atomic E-state index is 13.1. The molecule has 0 aliphatic carbocycles. The van der Waals surface area contributed by atoms with Crippen molar-refractivity contribution in [3.8, 4) is 5.75 Å². The molecule has 0 unspecified atom stereocenters. The van der Waals surface area contributed by atoms with Gasteiger partial charge in [0.2, 0.25) is 10.0 Å². The normalized spacial score (nSPS) is 19.0. The Bertz CT molecular complexity index is 661. The summed E-state index contributed by atoms with van der Waals surface area (Å²) in [6, 6.07) is 5.30. The average molecular weight is 410 g/mol. The Labute approximate surface area is 158 Å². The van der Waals surface area contributed by atoms with Gasteiger partial charge in [0.15, 0.2) is 0 Å². The molecule has 0 atom stereocenters. The standard InChI is InChI=1S/C16H24ClNO3S3/c1-4-22-16(23-5-2)12-18(11-7-10-17)24(19,20)14-9-6-8-13(21-3)15(14)16/h6,8-9H,4-5,7,10-12H2,1-3H3. The molecular weight excluding hydrogens is 386 g/mol. The molecule has 2 rings (SSSR count). The molecule has 0 bridgehead atoms. The lowest BCUT2D eigenvalue weighted by atomic mass is 10.1. The molecule has 0 radical (unpaired) electrons. The number of ether oxygens (including phenoxy) is 1. The zero-order chi connectivity index (χ0) is 17.8. The third-order valence-corrected chi connectivity index (χ3v) is 8.93. The molecule has 1 aliphatic heterocycles. The largest absolute Gasteiger partial charge is 0.496 e. The minimum atomic E-state index is -3.53. The first kappa shape index (κ1) is 20.2. The van der Waals surface area contributed by atoms with Crippen LogP contribution in [0.5, 0.6) is 5.75 Å². The van der Waals surface area contributed by atoms with Crippen LogP contribution in [0.4, 0.5) is 0 Å². The van der Waals surface area contributed by atoms with Crippen molar-refractivity contribution in [3.05, 3.63) is 23.8 Å². The second-order valence-electron chi connectivity index (χ2n) is 5.33. The number of fused-ring (bicyclic) bond motifs is 1. The lowest BCUT2D eigenvalue weighted by molar-refractivity contribution is 0.369. The van der Waals surface area contributed by atoms with E-state index < -0.39 is 10.0 Å². The summed E-state index contributed by atoms with van der Waals surface area (Å²) in [6.07, 6.45) is 0.643. The maximum absolute atomic E-state index is 13.1. The van der Waals surface area contributed by atoms with Crippen LogP contribution in [0.1, 0.15) is 25.8 Å². The van der Waals surface area contributed by atoms with E-state index in [0.717, 1.165) is 17.1 Å². The monoisotopic (exact) mass is 409 g/mol. The molecule has 0 amide bonds. The Balaban J connectivity index is 2.68. The van der Waals surface area contributed by atoms with E-state index in [1.807, 2.05) is 6.07 Å². The van der Waals surface area contributed by atoms with Gasteiger partial charge in [-0.25, -0.2) is 8.42 Å². The number of halogens is 1. The second kappa shape index (κ2) is 8.54. The van der Waals surface area contributed by atoms with Crippen LogP contribution in [0.3, 0.4) is 0 Å². The third kappa shape index (κ3) is 3.70. The van der Waals surface area contributed by atoms with E-state index in [1.54, 1.807) is 47.1 Å². The van der Waals surface area contributed by atoms with Crippen LogP contribution < -0.4 is 4.74 Å².